The smallest absolute Gasteiger partial charge is 0.259 e. The maximum absolute atomic E-state index is 12.4. The quantitative estimate of drug-likeness (QED) is 0.861. The van der Waals surface area contributed by atoms with Crippen LogP contribution in [0.25, 0.3) is 10.2 Å². The van der Waals surface area contributed by atoms with Gasteiger partial charge in [0.1, 0.15) is 10.7 Å². The molecule has 1 amide bonds. The van der Waals surface area contributed by atoms with Crippen LogP contribution < -0.4 is 5.56 Å². The predicted molar refractivity (Wildman–Crippen MR) is 106 cm³/mol. The maximum atomic E-state index is 12.4. The Hall–Kier alpha value is -1.34. The SMILES string of the molecule is Cc1sc2nc(CSCC(=O)N(C)C3CCCCC3)[nH]c(=O)c2c1C. The molecule has 2 aromatic rings. The van der Waals surface area contributed by atoms with Crippen LogP contribution in [-0.4, -0.2) is 39.6 Å². The van der Waals surface area contributed by atoms with E-state index in [0.717, 1.165) is 28.1 Å². The van der Waals surface area contributed by atoms with Gasteiger partial charge in [0.2, 0.25) is 5.91 Å². The number of aryl methyl sites for hydroxylation is 2. The standard InChI is InChI=1S/C18H25N3O2S2/c1-11-12(2)25-18-16(11)17(23)19-14(20-18)9-24-10-15(22)21(3)13-7-5-4-6-8-13/h13H,4-10H2,1-3H3,(H,19,20,23). The van der Waals surface area contributed by atoms with Gasteiger partial charge in [-0.25, -0.2) is 4.98 Å². The van der Waals surface area contributed by atoms with Gasteiger partial charge in [0.25, 0.3) is 5.56 Å². The number of nitrogens with zero attached hydrogens (tertiary/aromatic N) is 2. The average Bonchev–Trinajstić information content (AvgIpc) is 2.89. The molecule has 0 saturated heterocycles. The molecule has 0 atom stereocenters. The molecule has 0 aromatic carbocycles. The number of rotatable bonds is 5. The lowest BCUT2D eigenvalue weighted by Gasteiger charge is -2.31. The Bertz CT molecular complexity index is 822. The molecular weight excluding hydrogens is 354 g/mol. The highest BCUT2D eigenvalue weighted by Crippen LogP contribution is 2.26. The number of fused-ring (bicyclic) bond motifs is 1. The van der Waals surface area contributed by atoms with Gasteiger partial charge < -0.3 is 9.88 Å². The van der Waals surface area contributed by atoms with Gasteiger partial charge in [0.05, 0.1) is 16.9 Å². The van der Waals surface area contributed by atoms with Crippen LogP contribution in [0.5, 0.6) is 0 Å². The average molecular weight is 380 g/mol. The molecule has 0 aliphatic heterocycles. The summed E-state index contributed by atoms with van der Waals surface area (Å²) in [5, 5.41) is 0.698. The van der Waals surface area contributed by atoms with Gasteiger partial charge in [0.15, 0.2) is 0 Å². The molecule has 0 unspecified atom stereocenters. The van der Waals surface area contributed by atoms with E-state index in [4.69, 9.17) is 0 Å². The van der Waals surface area contributed by atoms with Gasteiger partial charge in [-0.15, -0.1) is 23.1 Å². The van der Waals surface area contributed by atoms with Crippen molar-refractivity contribution in [2.24, 2.45) is 0 Å². The molecule has 0 spiro atoms. The number of carbonyl (C=O) groups excluding carboxylic acids is 1. The third kappa shape index (κ3) is 4.08. The molecule has 0 radical (unpaired) electrons. The number of amides is 1. The van der Waals surface area contributed by atoms with Crippen LogP contribution in [0.2, 0.25) is 0 Å². The second-order valence-electron chi connectivity index (χ2n) is 6.77. The van der Waals surface area contributed by atoms with E-state index in [-0.39, 0.29) is 11.5 Å². The first kappa shape index (κ1) is 18.5. The Labute approximate surface area is 156 Å². The number of thiophene rings is 1. The van der Waals surface area contributed by atoms with Crippen LogP contribution in [0.4, 0.5) is 0 Å². The first-order valence-corrected chi connectivity index (χ1v) is 10.8. The number of aromatic amines is 1. The zero-order valence-electron chi connectivity index (χ0n) is 15.1. The van der Waals surface area contributed by atoms with Gasteiger partial charge in [-0.05, 0) is 32.3 Å². The van der Waals surface area contributed by atoms with E-state index in [9.17, 15) is 9.59 Å². The van der Waals surface area contributed by atoms with Crippen molar-refractivity contribution in [3.05, 3.63) is 26.6 Å². The molecule has 5 nitrogen and oxygen atoms in total. The van der Waals surface area contributed by atoms with Crippen LogP contribution in [-0.2, 0) is 10.5 Å². The molecule has 1 saturated carbocycles. The van der Waals surface area contributed by atoms with Crippen LogP contribution in [0.15, 0.2) is 4.79 Å². The zero-order valence-corrected chi connectivity index (χ0v) is 16.7. The molecular formula is C18H25N3O2S2. The minimum Gasteiger partial charge on any atom is -0.342 e. The van der Waals surface area contributed by atoms with Gasteiger partial charge in [-0.1, -0.05) is 19.3 Å². The molecule has 1 aliphatic carbocycles. The summed E-state index contributed by atoms with van der Waals surface area (Å²) in [7, 11) is 1.92. The van der Waals surface area contributed by atoms with Gasteiger partial charge in [-0.3, -0.25) is 9.59 Å². The summed E-state index contributed by atoms with van der Waals surface area (Å²) in [5.74, 6) is 1.79. The van der Waals surface area contributed by atoms with E-state index in [1.165, 1.54) is 31.0 Å². The largest absolute Gasteiger partial charge is 0.342 e. The molecule has 2 heterocycles. The number of H-pyrrole nitrogens is 1. The second-order valence-corrected chi connectivity index (χ2v) is 8.95. The summed E-state index contributed by atoms with van der Waals surface area (Å²) in [6.07, 6.45) is 5.97. The number of carbonyl (C=O) groups is 1. The highest BCUT2D eigenvalue weighted by Gasteiger charge is 2.21. The predicted octanol–water partition coefficient (Wildman–Crippen LogP) is 3.63. The van der Waals surface area contributed by atoms with Crippen LogP contribution >= 0.6 is 23.1 Å². The van der Waals surface area contributed by atoms with Crippen molar-refractivity contribution in [1.82, 2.24) is 14.9 Å². The molecule has 3 rings (SSSR count). The summed E-state index contributed by atoms with van der Waals surface area (Å²) >= 11 is 3.07. The number of thioether (sulfide) groups is 1. The third-order valence-corrected chi connectivity index (χ3v) is 7.10. The molecule has 7 heteroatoms. The minimum atomic E-state index is -0.0758. The minimum absolute atomic E-state index is 0.0758. The lowest BCUT2D eigenvalue weighted by atomic mass is 9.94. The van der Waals surface area contributed by atoms with Crippen molar-refractivity contribution in [2.75, 3.05) is 12.8 Å². The first-order valence-electron chi connectivity index (χ1n) is 8.79. The molecule has 0 bridgehead atoms. The van der Waals surface area contributed by atoms with E-state index in [1.807, 2.05) is 25.8 Å². The van der Waals surface area contributed by atoms with Crippen molar-refractivity contribution >= 4 is 39.2 Å². The fourth-order valence-electron chi connectivity index (χ4n) is 3.38. The topological polar surface area (TPSA) is 66.1 Å². The van der Waals surface area contributed by atoms with E-state index >= 15 is 0 Å². The van der Waals surface area contributed by atoms with E-state index < -0.39 is 0 Å². The van der Waals surface area contributed by atoms with Crippen LogP contribution in [0.1, 0.15) is 48.4 Å². The first-order chi connectivity index (χ1) is 12.0. The monoisotopic (exact) mass is 379 g/mol. The lowest BCUT2D eigenvalue weighted by molar-refractivity contribution is -0.129. The summed E-state index contributed by atoms with van der Waals surface area (Å²) in [6.45, 7) is 3.97. The summed E-state index contributed by atoms with van der Waals surface area (Å²) in [5.41, 5.74) is 0.935. The van der Waals surface area contributed by atoms with Gasteiger partial charge in [-0.2, -0.15) is 0 Å². The molecule has 25 heavy (non-hydrogen) atoms. The molecule has 1 fully saturated rings. The molecule has 1 aliphatic rings. The number of aromatic nitrogens is 2. The Morgan fingerprint density at radius 1 is 1.32 bits per heavy atom. The van der Waals surface area contributed by atoms with Crippen molar-refractivity contribution in [2.45, 2.75) is 57.7 Å². The van der Waals surface area contributed by atoms with Crippen LogP contribution in [0.3, 0.4) is 0 Å². The third-order valence-electron chi connectivity index (χ3n) is 5.07. The van der Waals surface area contributed by atoms with Crippen molar-refractivity contribution in [3.63, 3.8) is 0 Å². The second kappa shape index (κ2) is 7.91. The van der Waals surface area contributed by atoms with E-state index in [2.05, 4.69) is 9.97 Å². The van der Waals surface area contributed by atoms with E-state index in [1.54, 1.807) is 11.3 Å². The normalized spacial score (nSPS) is 15.6. The van der Waals surface area contributed by atoms with E-state index in [0.29, 0.717) is 28.8 Å². The van der Waals surface area contributed by atoms with Gasteiger partial charge in [0, 0.05) is 18.0 Å². The fourth-order valence-corrected chi connectivity index (χ4v) is 5.24. The molecule has 1 N–H and O–H groups in total. The summed E-state index contributed by atoms with van der Waals surface area (Å²) < 4.78 is 0. The maximum Gasteiger partial charge on any atom is 0.259 e. The molecule has 136 valence electrons. The Morgan fingerprint density at radius 3 is 2.76 bits per heavy atom. The highest BCUT2D eigenvalue weighted by atomic mass is 32.2. The number of hydrogen-bond acceptors (Lipinski definition) is 5. The Morgan fingerprint density at radius 2 is 2.04 bits per heavy atom. The van der Waals surface area contributed by atoms with Gasteiger partial charge >= 0.3 is 0 Å². The number of nitrogens with one attached hydrogen (secondary N) is 1. The zero-order chi connectivity index (χ0) is 18.0. The summed E-state index contributed by atoms with van der Waals surface area (Å²) in [6, 6.07) is 0.396. The molecule has 2 aromatic heterocycles. The highest BCUT2D eigenvalue weighted by molar-refractivity contribution is 7.99. The summed E-state index contributed by atoms with van der Waals surface area (Å²) in [4.78, 5) is 35.9. The van der Waals surface area contributed by atoms with Crippen LogP contribution in [0, 0.1) is 13.8 Å². The van der Waals surface area contributed by atoms with Crippen molar-refractivity contribution in [1.29, 1.82) is 0 Å². The lowest BCUT2D eigenvalue weighted by Crippen LogP contribution is -2.39. The fraction of sp³-hybridized carbons (Fsp3) is 0.611. The Kier molecular flexibility index (Phi) is 5.84. The number of hydrogen-bond donors (Lipinski definition) is 1. The van der Waals surface area contributed by atoms with Crippen molar-refractivity contribution < 1.29 is 4.79 Å². The Balaban J connectivity index is 1.59. The van der Waals surface area contributed by atoms with Crippen molar-refractivity contribution in [3.8, 4) is 0 Å².